The molecule has 2 nitrogen and oxygen atoms in total. The molecule has 0 spiro atoms. The lowest BCUT2D eigenvalue weighted by Gasteiger charge is -2.19. The van der Waals surface area contributed by atoms with E-state index in [0.29, 0.717) is 5.75 Å². The molecule has 2 rings (SSSR count). The molecule has 0 aliphatic carbocycles. The minimum Gasteiger partial charge on any atom is -0.427 e. The fourth-order valence-corrected chi connectivity index (χ4v) is 1.95. The lowest BCUT2D eigenvalue weighted by molar-refractivity contribution is -0.134. The quantitative estimate of drug-likeness (QED) is 0.465. The van der Waals surface area contributed by atoms with Crippen LogP contribution in [0.2, 0.25) is 5.82 Å². The van der Waals surface area contributed by atoms with Gasteiger partial charge in [0.25, 0.3) is 0 Å². The lowest BCUT2D eigenvalue weighted by atomic mass is 9.63. The molecule has 0 aromatic heterocycles. The highest BCUT2D eigenvalue weighted by atomic mass is 16.5. The van der Waals surface area contributed by atoms with E-state index < -0.39 is 0 Å². The van der Waals surface area contributed by atoms with Gasteiger partial charge in [-0.2, -0.15) is 0 Å². The molecule has 0 N–H and O–H groups in total. The molecule has 0 bridgehead atoms. The third-order valence-electron chi connectivity index (χ3n) is 3.41. The second kappa shape index (κ2) is 6.28. The number of esters is 1. The topological polar surface area (TPSA) is 26.3 Å². The highest BCUT2D eigenvalue weighted by molar-refractivity contribution is 6.29. The first-order valence-electron chi connectivity index (χ1n) is 6.50. The summed E-state index contributed by atoms with van der Waals surface area (Å²) in [6, 6.07) is 19.2. The number of rotatable bonds is 4. The molecular weight excluding hydrogens is 234 g/mol. The molecule has 0 aliphatic heterocycles. The molecule has 4 heteroatoms. The maximum absolute atomic E-state index is 12.1. The van der Waals surface area contributed by atoms with Crippen LogP contribution in [0.15, 0.2) is 60.7 Å². The predicted octanol–water partition coefficient (Wildman–Crippen LogP) is 1.39. The second-order valence-corrected chi connectivity index (χ2v) is 4.72. The normalized spacial score (nSPS) is 13.5. The molecule has 0 radical (unpaired) electrons. The van der Waals surface area contributed by atoms with E-state index in [1.165, 1.54) is 0 Å². The number of carbonyl (C=O) groups excluding carboxylic acids is 1. The molecule has 2 atom stereocenters. The zero-order valence-electron chi connectivity index (χ0n) is 11.2. The molecule has 2 unspecified atom stereocenters. The van der Waals surface area contributed by atoms with Crippen LogP contribution in [0.25, 0.3) is 0 Å². The number of hydrogen-bond acceptors (Lipinski definition) is 2. The predicted molar refractivity (Wildman–Crippen MR) is 82.1 cm³/mol. The maximum atomic E-state index is 12.1. The SMILES string of the molecule is BC(C(=O)Oc1ccccc1)C(B)c1ccccc1. The van der Waals surface area contributed by atoms with Crippen molar-refractivity contribution < 1.29 is 9.53 Å². The van der Waals surface area contributed by atoms with Crippen LogP contribution in [0.4, 0.5) is 0 Å². The molecule has 2 aromatic carbocycles. The third kappa shape index (κ3) is 3.50. The van der Waals surface area contributed by atoms with Crippen molar-refractivity contribution in [3.63, 3.8) is 0 Å². The first-order chi connectivity index (χ1) is 9.18. The van der Waals surface area contributed by atoms with E-state index in [1.54, 1.807) is 12.1 Å². The molecule has 0 saturated carbocycles. The zero-order valence-corrected chi connectivity index (χ0v) is 11.2. The molecule has 0 amide bonds. The molecule has 0 heterocycles. The Hall–Kier alpha value is -1.96. The van der Waals surface area contributed by atoms with Crippen molar-refractivity contribution in [2.24, 2.45) is 0 Å². The van der Waals surface area contributed by atoms with Gasteiger partial charge in [0.2, 0.25) is 0 Å². The Kier molecular flexibility index (Phi) is 4.45. The maximum Gasteiger partial charge on any atom is 0.306 e. The molecule has 0 aliphatic rings. The van der Waals surface area contributed by atoms with Crippen molar-refractivity contribution in [1.82, 2.24) is 0 Å². The summed E-state index contributed by atoms with van der Waals surface area (Å²) in [5.74, 6) is 0.363. The average molecular weight is 250 g/mol. The largest absolute Gasteiger partial charge is 0.427 e. The van der Waals surface area contributed by atoms with Crippen LogP contribution in [0.1, 0.15) is 11.4 Å². The Morgan fingerprint density at radius 3 is 2.00 bits per heavy atom. The molecular formula is C15H16B2O2. The van der Waals surface area contributed by atoms with Crippen LogP contribution in [-0.4, -0.2) is 21.7 Å². The fraction of sp³-hybridized carbons (Fsp3) is 0.133. The van der Waals surface area contributed by atoms with Crippen LogP contribution in [0.3, 0.4) is 0 Å². The summed E-state index contributed by atoms with van der Waals surface area (Å²) >= 11 is 0. The number of hydrogen-bond donors (Lipinski definition) is 0. The van der Waals surface area contributed by atoms with Gasteiger partial charge < -0.3 is 4.74 Å². The van der Waals surface area contributed by atoms with Crippen LogP contribution < -0.4 is 4.74 Å². The van der Waals surface area contributed by atoms with E-state index in [4.69, 9.17) is 4.74 Å². The Labute approximate surface area is 115 Å². The number of benzene rings is 2. The van der Waals surface area contributed by atoms with E-state index in [2.05, 4.69) is 0 Å². The molecule has 2 aromatic rings. The van der Waals surface area contributed by atoms with E-state index in [1.807, 2.05) is 64.2 Å². The summed E-state index contributed by atoms with van der Waals surface area (Å²) in [4.78, 5) is 12.1. The van der Waals surface area contributed by atoms with Gasteiger partial charge in [0.1, 0.15) is 21.4 Å². The van der Waals surface area contributed by atoms with Crippen molar-refractivity contribution in [3.05, 3.63) is 66.2 Å². The van der Waals surface area contributed by atoms with Crippen molar-refractivity contribution in [2.45, 2.75) is 11.6 Å². The summed E-state index contributed by atoms with van der Waals surface area (Å²) in [5.41, 5.74) is 1.15. The minimum atomic E-state index is -0.192. The monoisotopic (exact) mass is 250 g/mol. The first kappa shape index (κ1) is 13.5. The van der Waals surface area contributed by atoms with Gasteiger partial charge in [-0.15, -0.1) is 0 Å². The average Bonchev–Trinajstić information content (AvgIpc) is 2.47. The Morgan fingerprint density at radius 2 is 1.42 bits per heavy atom. The standard InChI is InChI=1S/C15H16B2O2/c16-13(11-7-3-1-4-8-11)14(17)15(18)19-12-9-5-2-6-10-12/h1-10,13-14H,16-17H2. The van der Waals surface area contributed by atoms with Gasteiger partial charge in [-0.05, 0) is 17.9 Å². The van der Waals surface area contributed by atoms with Gasteiger partial charge in [-0.3, -0.25) is 4.79 Å². The highest BCUT2D eigenvalue weighted by Gasteiger charge is 2.23. The van der Waals surface area contributed by atoms with Gasteiger partial charge in [0.15, 0.2) is 0 Å². The van der Waals surface area contributed by atoms with Crippen LogP contribution in [-0.2, 0) is 4.79 Å². The van der Waals surface area contributed by atoms with Gasteiger partial charge in [-0.1, -0.05) is 54.1 Å². The summed E-state index contributed by atoms with van der Waals surface area (Å²) in [6.45, 7) is 0. The second-order valence-electron chi connectivity index (χ2n) is 4.72. The van der Waals surface area contributed by atoms with E-state index in [-0.39, 0.29) is 17.6 Å². The van der Waals surface area contributed by atoms with Crippen LogP contribution in [0.5, 0.6) is 5.75 Å². The van der Waals surface area contributed by atoms with Crippen molar-refractivity contribution >= 4 is 21.7 Å². The lowest BCUT2D eigenvalue weighted by Crippen LogP contribution is -2.22. The van der Waals surface area contributed by atoms with E-state index in [0.717, 1.165) is 5.56 Å². The summed E-state index contributed by atoms with van der Waals surface area (Å²) in [5, 5.41) is 0. The van der Waals surface area contributed by atoms with Gasteiger partial charge in [0, 0.05) is 5.82 Å². The van der Waals surface area contributed by atoms with Gasteiger partial charge >= 0.3 is 5.97 Å². The Balaban J connectivity index is 2.03. The smallest absolute Gasteiger partial charge is 0.306 e. The van der Waals surface area contributed by atoms with Crippen LogP contribution >= 0.6 is 0 Å². The third-order valence-corrected chi connectivity index (χ3v) is 3.41. The van der Waals surface area contributed by atoms with Crippen LogP contribution in [0, 0.1) is 0 Å². The number of ether oxygens (including phenoxy) is 1. The van der Waals surface area contributed by atoms with E-state index >= 15 is 0 Å². The zero-order chi connectivity index (χ0) is 13.7. The fourth-order valence-electron chi connectivity index (χ4n) is 1.95. The summed E-state index contributed by atoms with van der Waals surface area (Å²) in [6.07, 6.45) is 0. The Bertz CT molecular complexity index is 528. The molecule has 0 saturated heterocycles. The van der Waals surface area contributed by atoms with Gasteiger partial charge in [-0.25, -0.2) is 0 Å². The van der Waals surface area contributed by atoms with Crippen molar-refractivity contribution in [2.75, 3.05) is 0 Å². The first-order valence-corrected chi connectivity index (χ1v) is 6.50. The number of carbonyl (C=O) groups is 1. The molecule has 94 valence electrons. The van der Waals surface area contributed by atoms with E-state index in [9.17, 15) is 4.79 Å². The summed E-state index contributed by atoms with van der Waals surface area (Å²) < 4.78 is 5.38. The van der Waals surface area contributed by atoms with Crippen molar-refractivity contribution in [3.8, 4) is 5.75 Å². The molecule has 19 heavy (non-hydrogen) atoms. The molecule has 0 fully saturated rings. The highest BCUT2D eigenvalue weighted by Crippen LogP contribution is 2.25. The van der Waals surface area contributed by atoms with Gasteiger partial charge in [0.05, 0.1) is 0 Å². The Morgan fingerprint density at radius 1 is 0.895 bits per heavy atom. The minimum absolute atomic E-state index is 0.136. The number of para-hydroxylation sites is 1. The summed E-state index contributed by atoms with van der Waals surface area (Å²) in [7, 11) is 3.95. The van der Waals surface area contributed by atoms with Crippen molar-refractivity contribution in [1.29, 1.82) is 0 Å².